The van der Waals surface area contributed by atoms with E-state index in [0.717, 1.165) is 0 Å². The van der Waals surface area contributed by atoms with Gasteiger partial charge in [-0.05, 0) is 0 Å². The van der Waals surface area contributed by atoms with Gasteiger partial charge < -0.3 is 64.2 Å². The third-order valence-corrected chi connectivity index (χ3v) is 5.69. The fourth-order valence-corrected chi connectivity index (χ4v) is 3.46. The molecule has 2 rings (SSSR count). The highest BCUT2D eigenvalue weighted by Gasteiger charge is 2.47. The summed E-state index contributed by atoms with van der Waals surface area (Å²) in [5.74, 6) is -1.13. The van der Waals surface area contributed by atoms with Gasteiger partial charge in [0.1, 0.15) is 55.4 Å². The van der Waals surface area contributed by atoms with Gasteiger partial charge in [-0.15, -0.1) is 0 Å². The summed E-state index contributed by atoms with van der Waals surface area (Å²) in [6.45, 7) is 1.21. The summed E-state index contributed by atoms with van der Waals surface area (Å²) in [6.07, 6.45) is -16.6. The van der Waals surface area contributed by atoms with Crippen LogP contribution in [-0.2, 0) is 38.0 Å². The van der Waals surface area contributed by atoms with Gasteiger partial charge in [0, 0.05) is 12.8 Å². The van der Waals surface area contributed by atoms with Crippen molar-refractivity contribution in [2.75, 3.05) is 26.4 Å². The first-order chi connectivity index (χ1) is 17.0. The van der Waals surface area contributed by atoms with Crippen LogP contribution in [0.5, 0.6) is 0 Å². The van der Waals surface area contributed by atoms with Crippen LogP contribution in [-0.4, -0.2) is 142 Å². The van der Waals surface area contributed by atoms with Gasteiger partial charge in [0.2, 0.25) is 0 Å². The first-order valence-electron chi connectivity index (χ1n) is 11.6. The van der Waals surface area contributed by atoms with Crippen LogP contribution < -0.4 is 0 Å². The average Bonchev–Trinajstić information content (AvgIpc) is 2.88. The van der Waals surface area contributed by atoms with Crippen LogP contribution in [0.3, 0.4) is 0 Å². The first-order valence-corrected chi connectivity index (χ1v) is 11.6. The molecule has 11 unspecified atom stereocenters. The Morgan fingerprint density at radius 3 is 1.81 bits per heavy atom. The number of aliphatic hydroxyl groups is 7. The molecule has 0 amide bonds. The highest BCUT2D eigenvalue weighted by atomic mass is 16.7. The molecule has 210 valence electrons. The number of rotatable bonds is 12. The molecule has 0 bridgehead atoms. The Morgan fingerprint density at radius 1 is 0.722 bits per heavy atom. The second kappa shape index (κ2) is 14.4. The van der Waals surface area contributed by atoms with Crippen LogP contribution in [0.25, 0.3) is 0 Å². The zero-order valence-corrected chi connectivity index (χ0v) is 20.0. The van der Waals surface area contributed by atoms with E-state index in [1.54, 1.807) is 13.8 Å². The molecule has 2 aliphatic rings. The van der Waals surface area contributed by atoms with Gasteiger partial charge >= 0.3 is 11.9 Å². The Labute approximate surface area is 207 Å². The monoisotopic (exact) mass is 528 g/mol. The van der Waals surface area contributed by atoms with Crippen molar-refractivity contribution in [3.05, 3.63) is 0 Å². The lowest BCUT2D eigenvalue weighted by atomic mass is 9.98. The standard InChI is InChI=1S/C21H36O15/c1-3-12(23)31-6-9(34-13(24)4-2)7-32-20-19(30)17(28)15(26)11(36-20)8-33-21-18(29)16(27)14(25)10(5-22)35-21/h9-11,14-22,25-30H,3-8H2,1-2H3. The largest absolute Gasteiger partial charge is 0.462 e. The van der Waals surface area contributed by atoms with Gasteiger partial charge in [0.05, 0.1) is 19.8 Å². The molecule has 0 aromatic rings. The lowest BCUT2D eigenvalue weighted by Crippen LogP contribution is -2.61. The molecule has 36 heavy (non-hydrogen) atoms. The molecular formula is C21H36O15. The predicted molar refractivity (Wildman–Crippen MR) is 114 cm³/mol. The normalized spacial score (nSPS) is 37.8. The highest BCUT2D eigenvalue weighted by Crippen LogP contribution is 2.26. The molecule has 7 N–H and O–H groups in total. The van der Waals surface area contributed by atoms with Gasteiger partial charge in [-0.25, -0.2) is 0 Å². The molecule has 2 aliphatic heterocycles. The fourth-order valence-electron chi connectivity index (χ4n) is 3.46. The zero-order chi connectivity index (χ0) is 27.0. The lowest BCUT2D eigenvalue weighted by molar-refractivity contribution is -0.332. The minimum Gasteiger partial charge on any atom is -0.462 e. The van der Waals surface area contributed by atoms with E-state index in [4.69, 9.17) is 28.4 Å². The van der Waals surface area contributed by atoms with Crippen LogP contribution in [0.15, 0.2) is 0 Å². The van der Waals surface area contributed by atoms with Gasteiger partial charge in [0.15, 0.2) is 18.7 Å². The Hall–Kier alpha value is -1.50. The van der Waals surface area contributed by atoms with Crippen molar-refractivity contribution in [1.29, 1.82) is 0 Å². The minimum absolute atomic E-state index is 0.0447. The van der Waals surface area contributed by atoms with Crippen molar-refractivity contribution in [3.63, 3.8) is 0 Å². The molecule has 0 radical (unpaired) electrons. The van der Waals surface area contributed by atoms with E-state index < -0.39 is 99.3 Å². The summed E-state index contributed by atoms with van der Waals surface area (Å²) in [4.78, 5) is 23.1. The quantitative estimate of drug-likeness (QED) is 0.119. The molecule has 2 fully saturated rings. The molecule has 0 saturated carbocycles. The molecule has 11 atom stereocenters. The van der Waals surface area contributed by atoms with E-state index in [0.29, 0.717) is 0 Å². The van der Waals surface area contributed by atoms with Gasteiger partial charge in [-0.2, -0.15) is 0 Å². The number of carbonyl (C=O) groups is 2. The number of ether oxygens (including phenoxy) is 6. The van der Waals surface area contributed by atoms with Crippen LogP contribution >= 0.6 is 0 Å². The molecule has 0 aromatic carbocycles. The van der Waals surface area contributed by atoms with Crippen molar-refractivity contribution in [2.45, 2.75) is 94.2 Å². The van der Waals surface area contributed by atoms with Crippen molar-refractivity contribution < 1.29 is 73.8 Å². The first kappa shape index (κ1) is 30.7. The third kappa shape index (κ3) is 8.00. The summed E-state index contributed by atoms with van der Waals surface area (Å²) in [7, 11) is 0. The molecule has 2 heterocycles. The smallest absolute Gasteiger partial charge is 0.305 e. The minimum atomic E-state index is -1.75. The van der Waals surface area contributed by atoms with E-state index in [-0.39, 0.29) is 19.4 Å². The summed E-state index contributed by atoms with van der Waals surface area (Å²) in [5, 5.41) is 69.8. The van der Waals surface area contributed by atoms with E-state index in [1.807, 2.05) is 0 Å². The van der Waals surface area contributed by atoms with E-state index in [2.05, 4.69) is 0 Å². The summed E-state index contributed by atoms with van der Waals surface area (Å²) in [5.41, 5.74) is 0. The van der Waals surface area contributed by atoms with Gasteiger partial charge in [-0.1, -0.05) is 13.8 Å². The van der Waals surface area contributed by atoms with E-state index >= 15 is 0 Å². The molecule has 2 saturated heterocycles. The molecular weight excluding hydrogens is 492 g/mol. The Bertz CT molecular complexity index is 690. The fraction of sp³-hybridized carbons (Fsp3) is 0.905. The lowest BCUT2D eigenvalue weighted by Gasteiger charge is -2.42. The van der Waals surface area contributed by atoms with Crippen LogP contribution in [0.2, 0.25) is 0 Å². The molecule has 0 spiro atoms. The Morgan fingerprint density at radius 2 is 1.25 bits per heavy atom. The SMILES string of the molecule is CCC(=O)OCC(COC1OC(COC2OC(CO)C(O)C(O)C2O)C(O)C(O)C1O)OC(=O)CC. The highest BCUT2D eigenvalue weighted by molar-refractivity contribution is 5.70. The van der Waals surface area contributed by atoms with Crippen LogP contribution in [0.4, 0.5) is 0 Å². The second-order valence-electron chi connectivity index (χ2n) is 8.38. The second-order valence-corrected chi connectivity index (χ2v) is 8.38. The molecule has 0 aliphatic carbocycles. The maximum atomic E-state index is 11.7. The molecule has 15 nitrogen and oxygen atoms in total. The van der Waals surface area contributed by atoms with Gasteiger partial charge in [-0.3, -0.25) is 9.59 Å². The number of aliphatic hydroxyl groups excluding tert-OH is 7. The maximum absolute atomic E-state index is 11.7. The third-order valence-electron chi connectivity index (χ3n) is 5.69. The van der Waals surface area contributed by atoms with Crippen molar-refractivity contribution in [3.8, 4) is 0 Å². The van der Waals surface area contributed by atoms with E-state index in [1.165, 1.54) is 0 Å². The number of esters is 2. The Balaban J connectivity index is 1.99. The zero-order valence-electron chi connectivity index (χ0n) is 20.0. The van der Waals surface area contributed by atoms with Gasteiger partial charge in [0.25, 0.3) is 0 Å². The number of hydrogen-bond donors (Lipinski definition) is 7. The maximum Gasteiger partial charge on any atom is 0.305 e. The number of carbonyl (C=O) groups excluding carboxylic acids is 2. The molecule has 15 heteroatoms. The number of hydrogen-bond acceptors (Lipinski definition) is 15. The Kier molecular flexibility index (Phi) is 12.3. The summed E-state index contributed by atoms with van der Waals surface area (Å²) >= 11 is 0. The van der Waals surface area contributed by atoms with Crippen molar-refractivity contribution >= 4 is 11.9 Å². The predicted octanol–water partition coefficient (Wildman–Crippen LogP) is -4.10. The van der Waals surface area contributed by atoms with Crippen LogP contribution in [0, 0.1) is 0 Å². The van der Waals surface area contributed by atoms with Crippen LogP contribution in [0.1, 0.15) is 26.7 Å². The summed E-state index contributed by atoms with van der Waals surface area (Å²) < 4.78 is 31.6. The van der Waals surface area contributed by atoms with Crippen molar-refractivity contribution in [1.82, 2.24) is 0 Å². The van der Waals surface area contributed by atoms with Crippen molar-refractivity contribution in [2.24, 2.45) is 0 Å². The average molecular weight is 529 g/mol. The van der Waals surface area contributed by atoms with E-state index in [9.17, 15) is 45.3 Å². The summed E-state index contributed by atoms with van der Waals surface area (Å²) in [6, 6.07) is 0. The topological polar surface area (TPSA) is 231 Å². The molecule has 0 aromatic heterocycles.